The number of anilines is 1. The molecule has 0 radical (unpaired) electrons. The Hall–Kier alpha value is -1.71. The van der Waals surface area contributed by atoms with Gasteiger partial charge in [0.05, 0.1) is 0 Å². The summed E-state index contributed by atoms with van der Waals surface area (Å²) in [5, 5.41) is 9.12. The molecule has 0 bridgehead atoms. The lowest BCUT2D eigenvalue weighted by Crippen LogP contribution is -2.48. The number of hydrogen-bond acceptors (Lipinski definition) is 2. The average molecular weight is 316 g/mol. The van der Waals surface area contributed by atoms with E-state index in [2.05, 4.69) is 29.2 Å². The average Bonchev–Trinajstić information content (AvgIpc) is 2.55. The van der Waals surface area contributed by atoms with Gasteiger partial charge in [-0.15, -0.1) is 0 Å². The highest BCUT2D eigenvalue weighted by atomic mass is 16.4. The maximum absolute atomic E-state index is 11.1. The molecule has 0 unspecified atom stereocenters. The van der Waals surface area contributed by atoms with Gasteiger partial charge in [0.2, 0.25) is 0 Å². The van der Waals surface area contributed by atoms with E-state index in [-0.39, 0.29) is 0 Å². The fraction of sp³-hybridized carbons (Fsp3) is 0.632. The predicted octanol–water partition coefficient (Wildman–Crippen LogP) is 4.31. The van der Waals surface area contributed by atoms with Gasteiger partial charge in [0, 0.05) is 31.9 Å². The lowest BCUT2D eigenvalue weighted by molar-refractivity contribution is 0.142. The first-order valence-corrected chi connectivity index (χ1v) is 9.07. The second-order valence-electron chi connectivity index (χ2n) is 6.86. The fourth-order valence-electron chi connectivity index (χ4n) is 4.03. The third kappa shape index (κ3) is 3.98. The van der Waals surface area contributed by atoms with Crippen molar-refractivity contribution in [3.63, 3.8) is 0 Å². The summed E-state index contributed by atoms with van der Waals surface area (Å²) >= 11 is 0. The molecule has 2 fully saturated rings. The molecule has 1 saturated heterocycles. The Labute approximate surface area is 139 Å². The van der Waals surface area contributed by atoms with Gasteiger partial charge < -0.3 is 14.9 Å². The van der Waals surface area contributed by atoms with E-state index in [1.54, 1.807) is 0 Å². The molecule has 1 aliphatic heterocycles. The summed E-state index contributed by atoms with van der Waals surface area (Å²) in [6.07, 6.45) is 8.62. The third-order valence-electron chi connectivity index (χ3n) is 5.37. The lowest BCUT2D eigenvalue weighted by atomic mass is 9.85. The molecule has 4 nitrogen and oxygen atoms in total. The first-order chi connectivity index (χ1) is 11.3. The zero-order valence-electron chi connectivity index (χ0n) is 13.9. The van der Waals surface area contributed by atoms with Gasteiger partial charge >= 0.3 is 6.09 Å². The Bertz CT molecular complexity index is 516. The first kappa shape index (κ1) is 16.2. The van der Waals surface area contributed by atoms with E-state index in [1.165, 1.54) is 61.1 Å². The smallest absolute Gasteiger partial charge is 0.407 e. The molecule has 2 aliphatic rings. The Morgan fingerprint density at radius 1 is 0.913 bits per heavy atom. The van der Waals surface area contributed by atoms with Crippen molar-refractivity contribution in [2.75, 3.05) is 31.1 Å². The number of carbonyl (C=O) groups is 1. The van der Waals surface area contributed by atoms with Gasteiger partial charge in [-0.25, -0.2) is 4.79 Å². The highest BCUT2D eigenvalue weighted by Crippen LogP contribution is 2.36. The molecular formula is C19H28N2O2. The Morgan fingerprint density at radius 3 is 2.17 bits per heavy atom. The molecule has 4 heteroatoms. The van der Waals surface area contributed by atoms with Crippen LogP contribution in [-0.2, 0) is 0 Å². The second-order valence-corrected chi connectivity index (χ2v) is 6.86. The minimum absolute atomic E-state index is 0.605. The number of nitrogens with zero attached hydrogens (tertiary/aromatic N) is 2. The largest absolute Gasteiger partial charge is 0.465 e. The van der Waals surface area contributed by atoms with Crippen LogP contribution in [0.2, 0.25) is 0 Å². The zero-order valence-corrected chi connectivity index (χ0v) is 13.9. The van der Waals surface area contributed by atoms with Crippen molar-refractivity contribution < 1.29 is 9.90 Å². The van der Waals surface area contributed by atoms with Crippen LogP contribution in [-0.4, -0.2) is 42.3 Å². The van der Waals surface area contributed by atoms with Crippen LogP contribution in [0.25, 0.3) is 0 Å². The summed E-state index contributed by atoms with van der Waals surface area (Å²) < 4.78 is 0. The van der Waals surface area contributed by atoms with Crippen molar-refractivity contribution in [3.8, 4) is 0 Å². The molecular weight excluding hydrogens is 288 g/mol. The van der Waals surface area contributed by atoms with E-state index in [9.17, 15) is 4.79 Å². The van der Waals surface area contributed by atoms with Crippen LogP contribution in [0.5, 0.6) is 0 Å². The second kappa shape index (κ2) is 7.71. The van der Waals surface area contributed by atoms with Crippen molar-refractivity contribution in [2.24, 2.45) is 0 Å². The molecule has 1 aliphatic carbocycles. The van der Waals surface area contributed by atoms with Crippen LogP contribution in [0.3, 0.4) is 0 Å². The summed E-state index contributed by atoms with van der Waals surface area (Å²) in [6, 6.07) is 8.80. The van der Waals surface area contributed by atoms with Gasteiger partial charge in [0.1, 0.15) is 0 Å². The van der Waals surface area contributed by atoms with Crippen LogP contribution in [0.15, 0.2) is 24.3 Å². The van der Waals surface area contributed by atoms with Crippen LogP contribution >= 0.6 is 0 Å². The van der Waals surface area contributed by atoms with Gasteiger partial charge in [0.15, 0.2) is 0 Å². The molecule has 1 amide bonds. The maximum Gasteiger partial charge on any atom is 0.407 e. The predicted molar refractivity (Wildman–Crippen MR) is 93.3 cm³/mol. The van der Waals surface area contributed by atoms with Crippen molar-refractivity contribution in [1.82, 2.24) is 4.90 Å². The summed E-state index contributed by atoms with van der Waals surface area (Å²) in [5.74, 6) is 0.670. The van der Waals surface area contributed by atoms with Crippen molar-refractivity contribution in [3.05, 3.63) is 29.8 Å². The maximum atomic E-state index is 11.1. The molecule has 1 N–H and O–H groups in total. The summed E-state index contributed by atoms with van der Waals surface area (Å²) in [4.78, 5) is 15.0. The summed E-state index contributed by atoms with van der Waals surface area (Å²) in [6.45, 7) is 2.81. The van der Waals surface area contributed by atoms with E-state index in [0.717, 1.165) is 13.1 Å². The molecule has 23 heavy (non-hydrogen) atoms. The molecule has 1 aromatic carbocycles. The number of para-hydroxylation sites is 1. The molecule has 0 aromatic heterocycles. The summed E-state index contributed by atoms with van der Waals surface area (Å²) in [5.41, 5.74) is 2.82. The SMILES string of the molecule is O=C(O)N1CCN(c2ccccc2C2CCCCCCC2)CC1. The Kier molecular flexibility index (Phi) is 5.42. The van der Waals surface area contributed by atoms with Crippen LogP contribution in [0, 0.1) is 0 Å². The van der Waals surface area contributed by atoms with E-state index in [4.69, 9.17) is 5.11 Å². The van der Waals surface area contributed by atoms with Gasteiger partial charge in [-0.1, -0.05) is 50.3 Å². The Balaban J connectivity index is 1.74. The number of rotatable bonds is 2. The highest BCUT2D eigenvalue weighted by molar-refractivity contribution is 5.66. The van der Waals surface area contributed by atoms with Crippen molar-refractivity contribution in [2.45, 2.75) is 50.9 Å². The molecule has 0 atom stereocenters. The van der Waals surface area contributed by atoms with Gasteiger partial charge in [0.25, 0.3) is 0 Å². The summed E-state index contributed by atoms with van der Waals surface area (Å²) in [7, 11) is 0. The van der Waals surface area contributed by atoms with E-state index in [1.807, 2.05) is 0 Å². The molecule has 3 rings (SSSR count). The van der Waals surface area contributed by atoms with Crippen LogP contribution in [0.4, 0.5) is 10.5 Å². The highest BCUT2D eigenvalue weighted by Gasteiger charge is 2.24. The quantitative estimate of drug-likeness (QED) is 0.884. The molecule has 1 heterocycles. The van der Waals surface area contributed by atoms with Gasteiger partial charge in [-0.3, -0.25) is 0 Å². The zero-order chi connectivity index (χ0) is 16.1. The molecule has 1 aromatic rings. The minimum atomic E-state index is -0.794. The molecule has 0 spiro atoms. The van der Waals surface area contributed by atoms with Gasteiger partial charge in [-0.2, -0.15) is 0 Å². The van der Waals surface area contributed by atoms with E-state index in [0.29, 0.717) is 19.0 Å². The van der Waals surface area contributed by atoms with Crippen molar-refractivity contribution in [1.29, 1.82) is 0 Å². The monoisotopic (exact) mass is 316 g/mol. The van der Waals surface area contributed by atoms with Crippen LogP contribution in [0.1, 0.15) is 56.4 Å². The topological polar surface area (TPSA) is 43.8 Å². The number of hydrogen-bond donors (Lipinski definition) is 1. The number of carboxylic acid groups (broad SMARTS) is 1. The number of benzene rings is 1. The normalized spacial score (nSPS) is 20.9. The number of piperazine rings is 1. The molecule has 126 valence electrons. The first-order valence-electron chi connectivity index (χ1n) is 9.07. The van der Waals surface area contributed by atoms with E-state index < -0.39 is 6.09 Å². The third-order valence-corrected chi connectivity index (χ3v) is 5.37. The fourth-order valence-corrected chi connectivity index (χ4v) is 4.03. The van der Waals surface area contributed by atoms with Crippen molar-refractivity contribution >= 4 is 11.8 Å². The van der Waals surface area contributed by atoms with Crippen LogP contribution < -0.4 is 4.90 Å². The number of amides is 1. The lowest BCUT2D eigenvalue weighted by Gasteiger charge is -2.37. The minimum Gasteiger partial charge on any atom is -0.465 e. The molecule has 1 saturated carbocycles. The Morgan fingerprint density at radius 2 is 1.52 bits per heavy atom. The van der Waals surface area contributed by atoms with E-state index >= 15 is 0 Å². The van der Waals surface area contributed by atoms with Gasteiger partial charge in [-0.05, 0) is 30.4 Å². The standard InChI is InChI=1S/C19H28N2O2/c22-19(23)21-14-12-20(13-15-21)18-11-7-6-10-17(18)16-8-4-2-1-3-5-9-16/h6-7,10-11,16H,1-5,8-9,12-15H2,(H,22,23).